The van der Waals surface area contributed by atoms with Crippen LogP contribution in [-0.2, 0) is 4.74 Å². The van der Waals surface area contributed by atoms with Crippen molar-refractivity contribution >= 4 is 17.7 Å². The highest BCUT2D eigenvalue weighted by Crippen LogP contribution is 2.31. The second kappa shape index (κ2) is 7.05. The van der Waals surface area contributed by atoms with E-state index in [2.05, 4.69) is 0 Å². The number of carbonyl (C=O) groups is 1. The van der Waals surface area contributed by atoms with E-state index in [4.69, 9.17) is 16.3 Å². The van der Waals surface area contributed by atoms with Crippen LogP contribution in [0, 0.1) is 5.82 Å². The molecule has 1 aromatic rings. The SMILES string of the molecule is CC(C)(C)OC(=O)N1CCCC[C@H]1[C@@H](O)c1cc(F)cc(Cl)c1. The molecule has 2 rings (SSSR count). The standard InChI is InChI=1S/C17H23ClFNO3/c1-17(2,3)23-16(22)20-7-5-4-6-14(20)15(21)11-8-12(18)10-13(19)9-11/h8-10,14-15,21H,4-7H2,1-3H3/t14-,15-/m0/s1. The van der Waals surface area contributed by atoms with Gasteiger partial charge in [-0.2, -0.15) is 0 Å². The molecule has 2 atom stereocenters. The number of piperidine rings is 1. The van der Waals surface area contributed by atoms with Crippen molar-refractivity contribution in [1.82, 2.24) is 4.90 Å². The Balaban J connectivity index is 2.21. The van der Waals surface area contributed by atoms with Crippen LogP contribution in [0.1, 0.15) is 51.7 Å². The first-order chi connectivity index (χ1) is 10.7. The van der Waals surface area contributed by atoms with Crippen molar-refractivity contribution in [2.75, 3.05) is 6.54 Å². The summed E-state index contributed by atoms with van der Waals surface area (Å²) in [5, 5.41) is 10.9. The van der Waals surface area contributed by atoms with Gasteiger partial charge in [0.25, 0.3) is 0 Å². The Labute approximate surface area is 141 Å². The summed E-state index contributed by atoms with van der Waals surface area (Å²) in [6.07, 6.45) is 0.921. The number of likely N-dealkylation sites (tertiary alicyclic amines) is 1. The van der Waals surface area contributed by atoms with Gasteiger partial charge in [-0.1, -0.05) is 11.6 Å². The zero-order valence-electron chi connectivity index (χ0n) is 13.7. The van der Waals surface area contributed by atoms with Gasteiger partial charge in [0.15, 0.2) is 0 Å². The normalized spacial score (nSPS) is 20.3. The number of halogens is 2. The van der Waals surface area contributed by atoms with Gasteiger partial charge in [-0.15, -0.1) is 0 Å². The molecule has 0 spiro atoms. The first kappa shape index (κ1) is 18.0. The minimum Gasteiger partial charge on any atom is -0.444 e. The van der Waals surface area contributed by atoms with Crippen LogP contribution >= 0.6 is 11.6 Å². The molecule has 0 aromatic heterocycles. The Bertz CT molecular complexity index is 553. The lowest BCUT2D eigenvalue weighted by Gasteiger charge is -2.39. The lowest BCUT2D eigenvalue weighted by Crippen LogP contribution is -2.48. The predicted octanol–water partition coefficient (Wildman–Crippen LogP) is 4.30. The van der Waals surface area contributed by atoms with Gasteiger partial charge in [0.05, 0.1) is 12.1 Å². The Kier molecular flexibility index (Phi) is 5.53. The van der Waals surface area contributed by atoms with E-state index in [1.807, 2.05) is 0 Å². The van der Waals surface area contributed by atoms with Gasteiger partial charge in [0.1, 0.15) is 11.4 Å². The van der Waals surface area contributed by atoms with E-state index in [0.29, 0.717) is 18.5 Å². The number of nitrogens with zero attached hydrogens (tertiary/aromatic N) is 1. The fourth-order valence-electron chi connectivity index (χ4n) is 2.80. The van der Waals surface area contributed by atoms with E-state index in [9.17, 15) is 14.3 Å². The highest BCUT2D eigenvalue weighted by Gasteiger charge is 2.35. The molecule has 4 nitrogen and oxygen atoms in total. The third-order valence-electron chi connectivity index (χ3n) is 3.77. The van der Waals surface area contributed by atoms with Crippen molar-refractivity contribution in [1.29, 1.82) is 0 Å². The quantitative estimate of drug-likeness (QED) is 0.870. The Hall–Kier alpha value is -1.33. The number of hydrogen-bond donors (Lipinski definition) is 1. The van der Waals surface area contributed by atoms with Crippen molar-refractivity contribution in [3.63, 3.8) is 0 Å². The molecule has 0 radical (unpaired) electrons. The Morgan fingerprint density at radius 3 is 2.70 bits per heavy atom. The molecular weight excluding hydrogens is 321 g/mol. The molecule has 1 aliphatic rings. The minimum atomic E-state index is -1.00. The Morgan fingerprint density at radius 2 is 2.09 bits per heavy atom. The largest absolute Gasteiger partial charge is 0.444 e. The van der Waals surface area contributed by atoms with Gasteiger partial charge in [-0.05, 0) is 63.8 Å². The fraction of sp³-hybridized carbons (Fsp3) is 0.588. The molecule has 23 heavy (non-hydrogen) atoms. The molecule has 128 valence electrons. The first-order valence-corrected chi connectivity index (χ1v) is 8.19. The molecule has 0 bridgehead atoms. The number of amides is 1. The molecule has 1 heterocycles. The maximum atomic E-state index is 13.5. The fourth-order valence-corrected chi connectivity index (χ4v) is 3.03. The molecule has 1 saturated heterocycles. The topological polar surface area (TPSA) is 49.8 Å². The monoisotopic (exact) mass is 343 g/mol. The second-order valence-electron chi connectivity index (χ2n) is 6.88. The number of hydrogen-bond acceptors (Lipinski definition) is 3. The van der Waals surface area contributed by atoms with Crippen molar-refractivity contribution in [3.8, 4) is 0 Å². The van der Waals surface area contributed by atoms with Crippen LogP contribution in [-0.4, -0.2) is 34.3 Å². The van der Waals surface area contributed by atoms with Crippen molar-refractivity contribution < 1.29 is 19.0 Å². The van der Waals surface area contributed by atoms with Gasteiger partial charge in [-0.3, -0.25) is 0 Å². The van der Waals surface area contributed by atoms with Crippen LogP contribution in [0.3, 0.4) is 0 Å². The third kappa shape index (κ3) is 4.82. The minimum absolute atomic E-state index is 0.221. The molecular formula is C17H23ClFNO3. The van der Waals surface area contributed by atoms with Gasteiger partial charge < -0.3 is 14.7 Å². The van der Waals surface area contributed by atoms with E-state index in [1.54, 1.807) is 20.8 Å². The zero-order valence-corrected chi connectivity index (χ0v) is 14.4. The van der Waals surface area contributed by atoms with Gasteiger partial charge in [0.2, 0.25) is 0 Å². The molecule has 0 aliphatic carbocycles. The number of rotatable bonds is 2. The summed E-state index contributed by atoms with van der Waals surface area (Å²) in [6.45, 7) is 5.91. The summed E-state index contributed by atoms with van der Waals surface area (Å²) >= 11 is 5.86. The first-order valence-electron chi connectivity index (χ1n) is 7.81. The van der Waals surface area contributed by atoms with Crippen LogP contribution < -0.4 is 0 Å². The molecule has 1 amide bonds. The van der Waals surface area contributed by atoms with Gasteiger partial charge in [-0.25, -0.2) is 9.18 Å². The summed E-state index contributed by atoms with van der Waals surface area (Å²) < 4.78 is 18.9. The average Bonchev–Trinajstić information content (AvgIpc) is 2.43. The maximum absolute atomic E-state index is 13.5. The molecule has 1 fully saturated rings. The Morgan fingerprint density at radius 1 is 1.39 bits per heavy atom. The summed E-state index contributed by atoms with van der Waals surface area (Å²) in [6, 6.07) is 3.51. The van der Waals surface area contributed by atoms with Crippen LogP contribution in [0.5, 0.6) is 0 Å². The molecule has 1 aliphatic heterocycles. The van der Waals surface area contributed by atoms with E-state index in [1.165, 1.54) is 23.1 Å². The lowest BCUT2D eigenvalue weighted by molar-refractivity contribution is -0.0169. The van der Waals surface area contributed by atoms with Crippen LogP contribution in [0.2, 0.25) is 5.02 Å². The van der Waals surface area contributed by atoms with E-state index in [0.717, 1.165) is 12.8 Å². The third-order valence-corrected chi connectivity index (χ3v) is 3.99. The van der Waals surface area contributed by atoms with Crippen LogP contribution in [0.4, 0.5) is 9.18 Å². The predicted molar refractivity (Wildman–Crippen MR) is 86.9 cm³/mol. The van der Waals surface area contributed by atoms with Crippen LogP contribution in [0.25, 0.3) is 0 Å². The number of aliphatic hydroxyl groups is 1. The summed E-state index contributed by atoms with van der Waals surface area (Å²) in [4.78, 5) is 13.9. The molecule has 1 aromatic carbocycles. The summed E-state index contributed by atoms with van der Waals surface area (Å²) in [7, 11) is 0. The lowest BCUT2D eigenvalue weighted by atomic mass is 9.93. The van der Waals surface area contributed by atoms with E-state index in [-0.39, 0.29) is 5.02 Å². The van der Waals surface area contributed by atoms with Crippen LogP contribution in [0.15, 0.2) is 18.2 Å². The molecule has 6 heteroatoms. The number of aliphatic hydroxyl groups excluding tert-OH is 1. The van der Waals surface area contributed by atoms with E-state index < -0.39 is 29.7 Å². The molecule has 0 unspecified atom stereocenters. The second-order valence-corrected chi connectivity index (χ2v) is 7.32. The zero-order chi connectivity index (χ0) is 17.2. The number of carbonyl (C=O) groups excluding carboxylic acids is 1. The summed E-state index contributed by atoms with van der Waals surface area (Å²) in [5.41, 5.74) is -0.234. The van der Waals surface area contributed by atoms with Crippen molar-refractivity contribution in [2.45, 2.75) is 57.8 Å². The smallest absolute Gasteiger partial charge is 0.410 e. The average molecular weight is 344 g/mol. The number of benzene rings is 1. The van der Waals surface area contributed by atoms with Crippen molar-refractivity contribution in [2.24, 2.45) is 0 Å². The number of ether oxygens (including phenoxy) is 1. The van der Waals surface area contributed by atoms with E-state index >= 15 is 0 Å². The van der Waals surface area contributed by atoms with Gasteiger partial charge in [0, 0.05) is 11.6 Å². The highest BCUT2D eigenvalue weighted by atomic mass is 35.5. The maximum Gasteiger partial charge on any atom is 0.410 e. The molecule has 1 N–H and O–H groups in total. The van der Waals surface area contributed by atoms with Gasteiger partial charge >= 0.3 is 6.09 Å². The molecule has 0 saturated carbocycles. The summed E-state index contributed by atoms with van der Waals surface area (Å²) in [5.74, 6) is -0.508. The van der Waals surface area contributed by atoms with Crippen molar-refractivity contribution in [3.05, 3.63) is 34.6 Å². The highest BCUT2D eigenvalue weighted by molar-refractivity contribution is 6.30.